The lowest BCUT2D eigenvalue weighted by Crippen LogP contribution is -2.31. The molecular weight excluding hydrogens is 214 g/mol. The van der Waals surface area contributed by atoms with Gasteiger partial charge in [-0.1, -0.05) is 17.7 Å². The normalized spacial score (nSPS) is 14.7. The van der Waals surface area contributed by atoms with Gasteiger partial charge in [0.1, 0.15) is 11.0 Å². The number of pyridine rings is 1. The number of nitrogens with zero attached hydrogens (tertiary/aromatic N) is 1. The average molecular weight is 226 g/mol. The molecule has 1 amide bonds. The number of carbonyl (C=O) groups is 1. The fraction of sp³-hybridized carbons (Fsp3) is 0.400. The number of hydrogen-bond acceptors (Lipinski definition) is 3. The Kier molecular flexibility index (Phi) is 3.06. The Balaban J connectivity index is 1.78. The summed E-state index contributed by atoms with van der Waals surface area (Å²) in [5, 5.41) is 6.21. The van der Waals surface area contributed by atoms with E-state index in [9.17, 15) is 4.79 Å². The SMILES string of the molecule is O=C(CNc1cccc(Cl)n1)NC1CC1. The van der Waals surface area contributed by atoms with Crippen molar-refractivity contribution < 1.29 is 4.79 Å². The lowest BCUT2D eigenvalue weighted by molar-refractivity contribution is -0.119. The number of halogens is 1. The zero-order chi connectivity index (χ0) is 10.7. The first-order valence-electron chi connectivity index (χ1n) is 4.90. The number of hydrogen-bond donors (Lipinski definition) is 2. The number of nitrogens with one attached hydrogen (secondary N) is 2. The molecule has 0 radical (unpaired) electrons. The van der Waals surface area contributed by atoms with E-state index in [1.165, 1.54) is 0 Å². The summed E-state index contributed by atoms with van der Waals surface area (Å²) < 4.78 is 0. The van der Waals surface area contributed by atoms with Gasteiger partial charge in [0.2, 0.25) is 5.91 Å². The summed E-state index contributed by atoms with van der Waals surface area (Å²) in [7, 11) is 0. The van der Waals surface area contributed by atoms with Crippen molar-refractivity contribution >= 4 is 23.3 Å². The molecule has 15 heavy (non-hydrogen) atoms. The first-order valence-corrected chi connectivity index (χ1v) is 5.27. The third-order valence-corrected chi connectivity index (χ3v) is 2.30. The van der Waals surface area contributed by atoms with E-state index in [-0.39, 0.29) is 12.5 Å². The Hall–Kier alpha value is -1.29. The smallest absolute Gasteiger partial charge is 0.239 e. The van der Waals surface area contributed by atoms with E-state index < -0.39 is 0 Å². The molecule has 2 rings (SSSR count). The molecule has 5 heteroatoms. The highest BCUT2D eigenvalue weighted by molar-refractivity contribution is 6.29. The summed E-state index contributed by atoms with van der Waals surface area (Å²) >= 11 is 5.70. The predicted molar refractivity (Wildman–Crippen MR) is 58.9 cm³/mol. The third kappa shape index (κ3) is 3.40. The summed E-state index contributed by atoms with van der Waals surface area (Å²) in [5.74, 6) is 0.618. The van der Waals surface area contributed by atoms with Gasteiger partial charge in [-0.2, -0.15) is 0 Å². The molecule has 1 saturated carbocycles. The Morgan fingerprint density at radius 1 is 1.53 bits per heavy atom. The van der Waals surface area contributed by atoms with E-state index in [2.05, 4.69) is 15.6 Å². The molecule has 1 aliphatic rings. The third-order valence-electron chi connectivity index (χ3n) is 2.09. The minimum Gasteiger partial charge on any atom is -0.361 e. The van der Waals surface area contributed by atoms with Crippen LogP contribution in [0.5, 0.6) is 0 Å². The van der Waals surface area contributed by atoms with Crippen LogP contribution in [0.3, 0.4) is 0 Å². The fourth-order valence-electron chi connectivity index (χ4n) is 1.18. The van der Waals surface area contributed by atoms with E-state index >= 15 is 0 Å². The molecular formula is C10H12ClN3O. The van der Waals surface area contributed by atoms with Crippen LogP contribution in [-0.4, -0.2) is 23.5 Å². The zero-order valence-corrected chi connectivity index (χ0v) is 8.92. The molecule has 4 nitrogen and oxygen atoms in total. The minimum absolute atomic E-state index is 0.000671. The van der Waals surface area contributed by atoms with Crippen LogP contribution in [0.1, 0.15) is 12.8 Å². The highest BCUT2D eigenvalue weighted by atomic mass is 35.5. The van der Waals surface area contributed by atoms with Crippen molar-refractivity contribution in [2.45, 2.75) is 18.9 Å². The summed E-state index contributed by atoms with van der Waals surface area (Å²) in [5.41, 5.74) is 0. The molecule has 1 aromatic heterocycles. The van der Waals surface area contributed by atoms with Gasteiger partial charge in [-0.15, -0.1) is 0 Å². The number of carbonyl (C=O) groups excluding carboxylic acids is 1. The molecule has 0 atom stereocenters. The minimum atomic E-state index is -0.000671. The van der Waals surface area contributed by atoms with Crippen LogP contribution < -0.4 is 10.6 Å². The maximum atomic E-state index is 11.3. The number of amides is 1. The lowest BCUT2D eigenvalue weighted by Gasteiger charge is -2.05. The second kappa shape index (κ2) is 4.49. The molecule has 0 bridgehead atoms. The van der Waals surface area contributed by atoms with Crippen molar-refractivity contribution in [3.63, 3.8) is 0 Å². The van der Waals surface area contributed by atoms with Gasteiger partial charge in [0.15, 0.2) is 0 Å². The van der Waals surface area contributed by atoms with Crippen molar-refractivity contribution in [2.24, 2.45) is 0 Å². The van der Waals surface area contributed by atoms with Gasteiger partial charge in [-0.3, -0.25) is 4.79 Å². The highest BCUT2D eigenvalue weighted by Crippen LogP contribution is 2.18. The quantitative estimate of drug-likeness (QED) is 0.763. The fourth-order valence-corrected chi connectivity index (χ4v) is 1.35. The maximum absolute atomic E-state index is 11.3. The molecule has 1 aliphatic carbocycles. The van der Waals surface area contributed by atoms with Crippen LogP contribution in [0.25, 0.3) is 0 Å². The Bertz CT molecular complexity index is 365. The molecule has 0 unspecified atom stereocenters. The second-order valence-electron chi connectivity index (χ2n) is 3.54. The van der Waals surface area contributed by atoms with Crippen LogP contribution >= 0.6 is 11.6 Å². The highest BCUT2D eigenvalue weighted by Gasteiger charge is 2.22. The van der Waals surface area contributed by atoms with Gasteiger partial charge in [-0.25, -0.2) is 4.98 Å². The standard InChI is InChI=1S/C10H12ClN3O/c11-8-2-1-3-9(14-8)12-6-10(15)13-7-4-5-7/h1-3,7H,4-6H2,(H,12,14)(H,13,15). The summed E-state index contributed by atoms with van der Waals surface area (Å²) in [6.45, 7) is 0.240. The second-order valence-corrected chi connectivity index (χ2v) is 3.93. The van der Waals surface area contributed by atoms with E-state index in [0.29, 0.717) is 17.0 Å². The molecule has 0 spiro atoms. The molecule has 1 heterocycles. The van der Waals surface area contributed by atoms with Crippen LogP contribution in [0.2, 0.25) is 5.15 Å². The van der Waals surface area contributed by atoms with Gasteiger partial charge < -0.3 is 10.6 Å². The lowest BCUT2D eigenvalue weighted by atomic mass is 10.4. The van der Waals surface area contributed by atoms with E-state index in [0.717, 1.165) is 12.8 Å². The predicted octanol–water partition coefficient (Wildman–Crippen LogP) is 1.43. The van der Waals surface area contributed by atoms with Crippen LogP contribution in [-0.2, 0) is 4.79 Å². The van der Waals surface area contributed by atoms with Crippen molar-refractivity contribution in [2.75, 3.05) is 11.9 Å². The zero-order valence-electron chi connectivity index (χ0n) is 8.16. The number of aromatic nitrogens is 1. The van der Waals surface area contributed by atoms with Crippen molar-refractivity contribution in [1.29, 1.82) is 0 Å². The average Bonchev–Trinajstić information content (AvgIpc) is 2.99. The number of rotatable bonds is 4. The summed E-state index contributed by atoms with van der Waals surface area (Å²) in [6, 6.07) is 5.65. The van der Waals surface area contributed by atoms with Gasteiger partial charge in [-0.05, 0) is 25.0 Å². The molecule has 0 aromatic carbocycles. The topological polar surface area (TPSA) is 54.0 Å². The maximum Gasteiger partial charge on any atom is 0.239 e. The summed E-state index contributed by atoms with van der Waals surface area (Å²) in [4.78, 5) is 15.3. The first kappa shape index (κ1) is 10.2. The van der Waals surface area contributed by atoms with Crippen LogP contribution in [0.4, 0.5) is 5.82 Å². The van der Waals surface area contributed by atoms with Gasteiger partial charge >= 0.3 is 0 Å². The van der Waals surface area contributed by atoms with E-state index in [4.69, 9.17) is 11.6 Å². The van der Waals surface area contributed by atoms with E-state index in [1.807, 2.05) is 0 Å². The molecule has 1 aromatic rings. The van der Waals surface area contributed by atoms with Crippen molar-refractivity contribution in [1.82, 2.24) is 10.3 Å². The van der Waals surface area contributed by atoms with Crippen molar-refractivity contribution in [3.8, 4) is 0 Å². The van der Waals surface area contributed by atoms with Gasteiger partial charge in [0, 0.05) is 6.04 Å². The largest absolute Gasteiger partial charge is 0.361 e. The molecule has 1 fully saturated rings. The van der Waals surface area contributed by atoms with Gasteiger partial charge in [0.05, 0.1) is 6.54 Å². The van der Waals surface area contributed by atoms with Gasteiger partial charge in [0.25, 0.3) is 0 Å². The molecule has 0 aliphatic heterocycles. The monoisotopic (exact) mass is 225 g/mol. The van der Waals surface area contributed by atoms with Crippen LogP contribution in [0, 0.1) is 0 Å². The molecule has 80 valence electrons. The molecule has 2 N–H and O–H groups in total. The Morgan fingerprint density at radius 2 is 2.33 bits per heavy atom. The Morgan fingerprint density at radius 3 is 3.00 bits per heavy atom. The number of anilines is 1. The van der Waals surface area contributed by atoms with E-state index in [1.54, 1.807) is 18.2 Å². The van der Waals surface area contributed by atoms with Crippen LogP contribution in [0.15, 0.2) is 18.2 Å². The van der Waals surface area contributed by atoms with Crippen molar-refractivity contribution in [3.05, 3.63) is 23.4 Å². The molecule has 0 saturated heterocycles. The first-order chi connectivity index (χ1) is 7.24. The Labute approximate surface area is 93.0 Å². The summed E-state index contributed by atoms with van der Waals surface area (Å²) in [6.07, 6.45) is 2.20.